The summed E-state index contributed by atoms with van der Waals surface area (Å²) in [5.41, 5.74) is 1.64. The number of likely N-dealkylation sites (tertiary alicyclic amines) is 1. The van der Waals surface area contributed by atoms with Gasteiger partial charge in [0.15, 0.2) is 11.5 Å². The van der Waals surface area contributed by atoms with Crippen LogP contribution in [0.15, 0.2) is 48.9 Å². The number of ether oxygens (including phenoxy) is 2. The smallest absolute Gasteiger partial charge is 0.286 e. The molecule has 0 spiro atoms. The lowest BCUT2D eigenvalue weighted by molar-refractivity contribution is -0.385. The fourth-order valence-corrected chi connectivity index (χ4v) is 10.4. The third-order valence-corrected chi connectivity index (χ3v) is 13.4. The number of methoxy groups -OCH3 is 1. The van der Waals surface area contributed by atoms with E-state index < -0.39 is 22.6 Å². The summed E-state index contributed by atoms with van der Waals surface area (Å²) in [6, 6.07) is 7.18. The molecule has 1 aromatic carbocycles. The van der Waals surface area contributed by atoms with Crippen molar-refractivity contribution in [3.63, 3.8) is 0 Å². The van der Waals surface area contributed by atoms with E-state index in [1.54, 1.807) is 87.9 Å². The van der Waals surface area contributed by atoms with Crippen LogP contribution in [0, 0.1) is 10.1 Å². The molecule has 5 rings (SSSR count). The Morgan fingerprint density at radius 1 is 0.815 bits per heavy atom. The van der Waals surface area contributed by atoms with E-state index in [2.05, 4.69) is 35.1 Å². The Hall–Kier alpha value is -5.93. The Bertz CT molecular complexity index is 2350. The van der Waals surface area contributed by atoms with Gasteiger partial charge >= 0.3 is 0 Å². The molecule has 3 aromatic heterocycles. The van der Waals surface area contributed by atoms with Crippen LogP contribution in [0.25, 0.3) is 0 Å². The van der Waals surface area contributed by atoms with Crippen molar-refractivity contribution in [2.24, 2.45) is 21.1 Å². The van der Waals surface area contributed by atoms with Crippen LogP contribution in [0.2, 0.25) is 0 Å². The second-order valence-corrected chi connectivity index (χ2v) is 18.9. The topological polar surface area (TPSA) is 216 Å². The fraction of sp³-hybridized carbons (Fsp3) is 0.477. The molecular weight excluding hydrogens is 877 g/mol. The largest absolute Gasteiger partial charge is 0.493 e. The molecule has 1 atom stereocenters. The van der Waals surface area contributed by atoms with Gasteiger partial charge < -0.3 is 54.2 Å². The van der Waals surface area contributed by atoms with Gasteiger partial charge in [0.1, 0.15) is 22.6 Å². The number of benzene rings is 1. The first-order chi connectivity index (χ1) is 31.0. The summed E-state index contributed by atoms with van der Waals surface area (Å²) >= 11 is 3.56. The minimum absolute atomic E-state index is 0.0210. The van der Waals surface area contributed by atoms with Gasteiger partial charge in [-0.2, -0.15) is 0 Å². The maximum absolute atomic E-state index is 13.9. The van der Waals surface area contributed by atoms with Crippen molar-refractivity contribution in [2.45, 2.75) is 56.6 Å². The molecule has 0 radical (unpaired) electrons. The summed E-state index contributed by atoms with van der Waals surface area (Å²) in [4.78, 5) is 81.5. The van der Waals surface area contributed by atoms with Crippen LogP contribution >= 0.6 is 23.5 Å². The molecular formula is C44H60N10O9S2. The second kappa shape index (κ2) is 23.3. The van der Waals surface area contributed by atoms with Gasteiger partial charge in [0.05, 0.1) is 52.4 Å². The van der Waals surface area contributed by atoms with Gasteiger partial charge in [-0.1, -0.05) is 13.8 Å². The number of amides is 5. The number of nitro benzene ring substituents is 1. The Labute approximate surface area is 387 Å². The molecule has 1 saturated heterocycles. The molecule has 1 aliphatic rings. The zero-order valence-electron chi connectivity index (χ0n) is 38.2. The monoisotopic (exact) mass is 936 g/mol. The number of aryl methyl sites for hydroxylation is 3. The van der Waals surface area contributed by atoms with Gasteiger partial charge in [-0.05, 0) is 76.0 Å². The van der Waals surface area contributed by atoms with E-state index >= 15 is 0 Å². The molecule has 1 fully saturated rings. The highest BCUT2D eigenvalue weighted by atomic mass is 32.2. The number of hydrogen-bond donors (Lipinski definition) is 4. The summed E-state index contributed by atoms with van der Waals surface area (Å²) in [5.74, 6) is 0.110. The summed E-state index contributed by atoms with van der Waals surface area (Å²) in [5, 5.41) is 23.5. The van der Waals surface area contributed by atoms with Gasteiger partial charge in [-0.3, -0.25) is 34.1 Å². The molecule has 4 heterocycles. The number of nitro groups is 1. The van der Waals surface area contributed by atoms with Crippen LogP contribution in [0.4, 0.5) is 22.7 Å². The number of nitrogens with one attached hydrogen (secondary N) is 4. The fourth-order valence-electron chi connectivity index (χ4n) is 7.52. The summed E-state index contributed by atoms with van der Waals surface area (Å²) in [6.45, 7) is 6.05. The van der Waals surface area contributed by atoms with Crippen LogP contribution in [-0.4, -0.2) is 128 Å². The van der Waals surface area contributed by atoms with Gasteiger partial charge in [0, 0.05) is 65.3 Å². The Morgan fingerprint density at radius 3 is 1.89 bits per heavy atom. The van der Waals surface area contributed by atoms with E-state index in [9.17, 15) is 34.1 Å². The van der Waals surface area contributed by atoms with E-state index in [0.717, 1.165) is 37.3 Å². The van der Waals surface area contributed by atoms with Crippen molar-refractivity contribution in [2.75, 3.05) is 74.9 Å². The quantitative estimate of drug-likeness (QED) is 0.0290. The molecule has 21 heteroatoms. The Kier molecular flexibility index (Phi) is 18.0. The molecule has 0 aliphatic carbocycles. The highest BCUT2D eigenvalue weighted by Gasteiger charge is 2.38. The third kappa shape index (κ3) is 13.1. The first kappa shape index (κ1) is 50.1. The minimum Gasteiger partial charge on any atom is -0.493 e. The Balaban J connectivity index is 1.13. The predicted octanol–water partition coefficient (Wildman–Crippen LogP) is 6.04. The Morgan fingerprint density at radius 2 is 1.37 bits per heavy atom. The third-order valence-electron chi connectivity index (χ3n) is 10.6. The maximum Gasteiger partial charge on any atom is 0.286 e. The first-order valence-corrected chi connectivity index (χ1v) is 23.5. The number of hydrogen-bond acceptors (Lipinski definition) is 12. The number of carbonyl (C=O) groups excluding carboxylic acids is 5. The van der Waals surface area contributed by atoms with Crippen molar-refractivity contribution in [1.29, 1.82) is 0 Å². The van der Waals surface area contributed by atoms with Crippen LogP contribution in [0.5, 0.6) is 11.5 Å². The molecule has 352 valence electrons. The van der Waals surface area contributed by atoms with Crippen molar-refractivity contribution < 1.29 is 38.4 Å². The molecule has 4 N–H and O–H groups in total. The van der Waals surface area contributed by atoms with Gasteiger partial charge in [-0.15, -0.1) is 23.5 Å². The first-order valence-electron chi connectivity index (χ1n) is 21.4. The van der Waals surface area contributed by atoms with E-state index in [-0.39, 0.29) is 76.0 Å². The molecule has 19 nitrogen and oxygen atoms in total. The lowest BCUT2D eigenvalue weighted by Crippen LogP contribution is -2.41. The maximum atomic E-state index is 13.9. The highest BCUT2D eigenvalue weighted by Crippen LogP contribution is 2.39. The number of thioether (sulfide) groups is 2. The molecule has 0 bridgehead atoms. The normalized spacial score (nSPS) is 13.6. The molecule has 65 heavy (non-hydrogen) atoms. The van der Waals surface area contributed by atoms with E-state index in [4.69, 9.17) is 9.47 Å². The highest BCUT2D eigenvalue weighted by molar-refractivity contribution is 8.17. The minimum atomic E-state index is -0.595. The summed E-state index contributed by atoms with van der Waals surface area (Å²) in [7, 11) is 10.4. The molecule has 0 unspecified atom stereocenters. The summed E-state index contributed by atoms with van der Waals surface area (Å²) in [6.07, 6.45) is 7.56. The zero-order chi connectivity index (χ0) is 47.4. The second-order valence-electron chi connectivity index (χ2n) is 15.8. The number of carbonyl (C=O) groups is 5. The van der Waals surface area contributed by atoms with Crippen molar-refractivity contribution in [1.82, 2.24) is 28.8 Å². The van der Waals surface area contributed by atoms with E-state index in [1.807, 2.05) is 19.0 Å². The predicted molar refractivity (Wildman–Crippen MR) is 255 cm³/mol. The van der Waals surface area contributed by atoms with Crippen LogP contribution in [-0.2, 0) is 25.9 Å². The van der Waals surface area contributed by atoms with E-state index in [0.29, 0.717) is 35.8 Å². The molecule has 0 saturated carbocycles. The molecule has 4 aromatic rings. The van der Waals surface area contributed by atoms with Crippen LogP contribution in [0.3, 0.4) is 0 Å². The summed E-state index contributed by atoms with van der Waals surface area (Å²) < 4.78 is 16.3. The lowest BCUT2D eigenvalue weighted by atomic mass is 10.1. The number of aromatic nitrogens is 3. The lowest BCUT2D eigenvalue weighted by Gasteiger charge is -2.31. The van der Waals surface area contributed by atoms with Gasteiger partial charge in [0.2, 0.25) is 5.91 Å². The van der Waals surface area contributed by atoms with Gasteiger partial charge in [-0.25, -0.2) is 0 Å². The number of nitrogens with zero attached hydrogens (tertiary/aromatic N) is 6. The van der Waals surface area contributed by atoms with Crippen LogP contribution < -0.4 is 30.7 Å². The van der Waals surface area contributed by atoms with Crippen molar-refractivity contribution in [3.8, 4) is 11.5 Å². The van der Waals surface area contributed by atoms with E-state index in [1.165, 1.54) is 31.4 Å². The zero-order valence-corrected chi connectivity index (χ0v) is 39.9. The van der Waals surface area contributed by atoms with Crippen LogP contribution in [0.1, 0.15) is 87.8 Å². The standard InChI is InChI=1S/C44H60N10O9S2/c1-9-64-44(65-10-2)32-14-11-18-53(32)43(59)31-23-37(62-8)38(24-33(31)54(60)61)63-19-12-15-39(55)46-28-20-35(51(6)25-28)41(57)48-30-22-36(52(7)27-30)42(58)47-29-21-34(50(5)26-29)40(56)45-16-13-17-49(3)4/h20-27,32,44H,9-19H2,1-8H3,(H,45,56)(H,46,55)(H,47,58)(H,48,57)/t32-/m0/s1. The van der Waals surface area contributed by atoms with Gasteiger partial charge in [0.25, 0.3) is 29.3 Å². The SMILES string of the molecule is CCSC(SCC)[C@@H]1CCCN1C(=O)c1cc(OC)c(OCCCC(=O)Nc2cc(C(=O)Nc3cc(C(=O)Nc4cc(C(=O)NCCCN(C)C)n(C)c4)n(C)c3)n(C)c2)cc1[N+](=O)[O-]. The molecule has 5 amide bonds. The number of rotatable bonds is 23. The number of anilines is 3. The average Bonchev–Trinajstić information content (AvgIpc) is 4.06. The molecule has 1 aliphatic heterocycles. The average molecular weight is 937 g/mol. The van der Waals surface area contributed by atoms with Crippen molar-refractivity contribution in [3.05, 3.63) is 81.7 Å². The van der Waals surface area contributed by atoms with Crippen molar-refractivity contribution >= 4 is 75.8 Å².